The van der Waals surface area contributed by atoms with Crippen molar-refractivity contribution in [3.63, 3.8) is 0 Å². The Hall–Kier alpha value is -3.64. The fraction of sp³-hybridized carbons (Fsp3) is 0.179. The van der Waals surface area contributed by atoms with Gasteiger partial charge in [0.1, 0.15) is 0 Å². The molecule has 4 rings (SSSR count). The van der Waals surface area contributed by atoms with Crippen LogP contribution in [0.1, 0.15) is 41.0 Å². The van der Waals surface area contributed by atoms with E-state index in [0.29, 0.717) is 5.82 Å². The highest BCUT2D eigenvalue weighted by Crippen LogP contribution is 2.28. The maximum Gasteiger partial charge on any atom is 0.244 e. The second-order valence-electron chi connectivity index (χ2n) is 8.20. The summed E-state index contributed by atoms with van der Waals surface area (Å²) in [6.07, 6.45) is 3.35. The van der Waals surface area contributed by atoms with Gasteiger partial charge < -0.3 is 5.32 Å². The zero-order valence-electron chi connectivity index (χ0n) is 19.6. The summed E-state index contributed by atoms with van der Waals surface area (Å²) in [6.45, 7) is 6.11. The molecular formula is C28H28N4OS. The third kappa shape index (κ3) is 5.83. The van der Waals surface area contributed by atoms with Crippen LogP contribution in [0, 0.1) is 13.8 Å². The van der Waals surface area contributed by atoms with E-state index in [0.717, 1.165) is 22.2 Å². The highest BCUT2D eigenvalue weighted by atomic mass is 32.2. The van der Waals surface area contributed by atoms with Gasteiger partial charge in [0, 0.05) is 17.5 Å². The lowest BCUT2D eigenvalue weighted by molar-refractivity contribution is -0.117. The first kappa shape index (κ1) is 23.5. The quantitative estimate of drug-likeness (QED) is 0.252. The number of aromatic nitrogens is 3. The van der Waals surface area contributed by atoms with Crippen molar-refractivity contribution in [3.05, 3.63) is 113 Å². The molecule has 1 unspecified atom stereocenters. The van der Waals surface area contributed by atoms with Crippen molar-refractivity contribution in [1.82, 2.24) is 20.1 Å². The summed E-state index contributed by atoms with van der Waals surface area (Å²) in [4.78, 5) is 12.6. The molecule has 0 bridgehead atoms. The topological polar surface area (TPSA) is 59.8 Å². The molecule has 0 saturated heterocycles. The number of amides is 1. The molecule has 0 aliphatic rings. The van der Waals surface area contributed by atoms with Crippen molar-refractivity contribution in [2.45, 2.75) is 37.7 Å². The van der Waals surface area contributed by atoms with Crippen LogP contribution in [0.3, 0.4) is 0 Å². The Morgan fingerprint density at radius 1 is 0.971 bits per heavy atom. The predicted molar refractivity (Wildman–Crippen MR) is 139 cm³/mol. The van der Waals surface area contributed by atoms with Gasteiger partial charge >= 0.3 is 0 Å². The van der Waals surface area contributed by atoms with E-state index in [1.54, 1.807) is 23.9 Å². The van der Waals surface area contributed by atoms with Crippen LogP contribution in [0.25, 0.3) is 11.8 Å². The SMILES string of the molecule is Cc1ccc(-n2c(SCc3ccccc3C)nnc2C(C)NC(=O)C=Cc2ccccc2)cc1. The Bertz CT molecular complexity index is 1280. The number of carbonyl (C=O) groups is 1. The molecular weight excluding hydrogens is 440 g/mol. The number of benzene rings is 3. The van der Waals surface area contributed by atoms with Gasteiger partial charge in [-0.15, -0.1) is 10.2 Å². The number of aryl methyl sites for hydroxylation is 2. The van der Waals surface area contributed by atoms with E-state index in [9.17, 15) is 4.79 Å². The molecule has 0 fully saturated rings. The molecule has 6 heteroatoms. The number of carbonyl (C=O) groups excluding carboxylic acids is 1. The summed E-state index contributed by atoms with van der Waals surface area (Å²) in [5.41, 5.74) is 5.64. The number of nitrogens with one attached hydrogen (secondary N) is 1. The standard InChI is InChI=1S/C28H28N4OS/c1-20-13-16-25(17-14-20)32-27(22(3)29-26(33)18-15-23-10-5-4-6-11-23)30-31-28(32)34-19-24-12-8-7-9-21(24)2/h4-18,22H,19H2,1-3H3,(H,29,33). The molecule has 0 spiro atoms. The third-order valence-electron chi connectivity index (χ3n) is 5.54. The normalized spacial score (nSPS) is 12.1. The van der Waals surface area contributed by atoms with Gasteiger partial charge in [0.25, 0.3) is 0 Å². The second kappa shape index (κ2) is 11.0. The van der Waals surface area contributed by atoms with Gasteiger partial charge in [-0.25, -0.2) is 0 Å². The monoisotopic (exact) mass is 468 g/mol. The molecule has 0 aliphatic carbocycles. The van der Waals surface area contributed by atoms with Gasteiger partial charge in [-0.05, 0) is 55.7 Å². The minimum absolute atomic E-state index is 0.177. The van der Waals surface area contributed by atoms with Gasteiger partial charge in [0.05, 0.1) is 6.04 Å². The van der Waals surface area contributed by atoms with Crippen LogP contribution in [0.15, 0.2) is 90.1 Å². The summed E-state index contributed by atoms with van der Waals surface area (Å²) >= 11 is 1.64. The Labute approximate surface area is 204 Å². The Morgan fingerprint density at radius 3 is 2.41 bits per heavy atom. The molecule has 1 N–H and O–H groups in total. The van der Waals surface area contributed by atoms with Crippen molar-refractivity contribution in [2.75, 3.05) is 0 Å². The third-order valence-corrected chi connectivity index (χ3v) is 6.52. The van der Waals surface area contributed by atoms with E-state index in [4.69, 9.17) is 0 Å². The van der Waals surface area contributed by atoms with Gasteiger partial charge in [0.2, 0.25) is 5.91 Å². The first-order valence-corrected chi connectivity index (χ1v) is 12.2. The average molecular weight is 469 g/mol. The molecule has 172 valence electrons. The molecule has 3 aromatic carbocycles. The van der Waals surface area contributed by atoms with Crippen LogP contribution >= 0.6 is 11.8 Å². The summed E-state index contributed by atoms with van der Waals surface area (Å²) < 4.78 is 2.04. The fourth-order valence-corrected chi connectivity index (χ4v) is 4.60. The zero-order chi connectivity index (χ0) is 23.9. The van der Waals surface area contributed by atoms with E-state index in [-0.39, 0.29) is 11.9 Å². The van der Waals surface area contributed by atoms with E-state index in [1.165, 1.54) is 16.7 Å². The lowest BCUT2D eigenvalue weighted by Gasteiger charge is -2.16. The number of thioether (sulfide) groups is 1. The first-order valence-electron chi connectivity index (χ1n) is 11.2. The maximum absolute atomic E-state index is 12.6. The molecule has 0 saturated carbocycles. The summed E-state index contributed by atoms with van der Waals surface area (Å²) in [7, 11) is 0. The van der Waals surface area contributed by atoms with Crippen LogP contribution in [0.4, 0.5) is 0 Å². The van der Waals surface area contributed by atoms with E-state index in [1.807, 2.05) is 47.9 Å². The summed E-state index contributed by atoms with van der Waals surface area (Å²) in [5, 5.41) is 12.8. The van der Waals surface area contributed by atoms with E-state index in [2.05, 4.69) is 71.8 Å². The molecule has 34 heavy (non-hydrogen) atoms. The van der Waals surface area contributed by atoms with Crippen molar-refractivity contribution >= 4 is 23.7 Å². The smallest absolute Gasteiger partial charge is 0.244 e. The fourth-order valence-electron chi connectivity index (χ4n) is 3.57. The minimum Gasteiger partial charge on any atom is -0.343 e. The maximum atomic E-state index is 12.6. The van der Waals surface area contributed by atoms with Crippen LogP contribution in [-0.2, 0) is 10.5 Å². The van der Waals surface area contributed by atoms with E-state index < -0.39 is 0 Å². The molecule has 1 atom stereocenters. The van der Waals surface area contributed by atoms with Gasteiger partial charge in [-0.3, -0.25) is 9.36 Å². The Kier molecular flexibility index (Phi) is 7.60. The largest absolute Gasteiger partial charge is 0.343 e. The van der Waals surface area contributed by atoms with Crippen LogP contribution in [0.2, 0.25) is 0 Å². The van der Waals surface area contributed by atoms with Gasteiger partial charge in [-0.2, -0.15) is 0 Å². The molecule has 1 amide bonds. The predicted octanol–water partition coefficient (Wildman–Crippen LogP) is 6.07. The van der Waals surface area contributed by atoms with Crippen molar-refractivity contribution in [2.24, 2.45) is 0 Å². The lowest BCUT2D eigenvalue weighted by Crippen LogP contribution is -2.27. The molecule has 0 radical (unpaired) electrons. The molecule has 5 nitrogen and oxygen atoms in total. The lowest BCUT2D eigenvalue weighted by atomic mass is 10.1. The number of rotatable bonds is 8. The molecule has 1 aromatic heterocycles. The van der Waals surface area contributed by atoms with Crippen molar-refractivity contribution in [3.8, 4) is 5.69 Å². The molecule has 4 aromatic rings. The van der Waals surface area contributed by atoms with Crippen LogP contribution in [-0.4, -0.2) is 20.7 Å². The average Bonchev–Trinajstić information content (AvgIpc) is 3.27. The second-order valence-corrected chi connectivity index (χ2v) is 9.14. The van der Waals surface area contributed by atoms with Gasteiger partial charge in [-0.1, -0.05) is 84.1 Å². The highest BCUT2D eigenvalue weighted by Gasteiger charge is 2.20. The summed E-state index contributed by atoms with van der Waals surface area (Å²) in [5.74, 6) is 1.30. The Balaban J connectivity index is 1.57. The van der Waals surface area contributed by atoms with Crippen molar-refractivity contribution < 1.29 is 4.79 Å². The minimum atomic E-state index is -0.325. The highest BCUT2D eigenvalue weighted by molar-refractivity contribution is 7.98. The van der Waals surface area contributed by atoms with Crippen molar-refractivity contribution in [1.29, 1.82) is 0 Å². The van der Waals surface area contributed by atoms with Gasteiger partial charge in [0.15, 0.2) is 11.0 Å². The first-order chi connectivity index (χ1) is 16.5. The number of nitrogens with zero attached hydrogens (tertiary/aromatic N) is 3. The van der Waals surface area contributed by atoms with Crippen LogP contribution < -0.4 is 5.32 Å². The van der Waals surface area contributed by atoms with Crippen LogP contribution in [0.5, 0.6) is 0 Å². The molecule has 1 heterocycles. The van der Waals surface area contributed by atoms with E-state index >= 15 is 0 Å². The zero-order valence-corrected chi connectivity index (χ0v) is 20.4. The number of hydrogen-bond donors (Lipinski definition) is 1. The number of hydrogen-bond acceptors (Lipinski definition) is 4. The molecule has 0 aliphatic heterocycles. The summed E-state index contributed by atoms with van der Waals surface area (Å²) in [6, 6.07) is 26.0. The Morgan fingerprint density at radius 2 is 1.68 bits per heavy atom.